The minimum atomic E-state index is -2.08. The van der Waals surface area contributed by atoms with Crippen LogP contribution >= 0.6 is 11.8 Å². The molecule has 2 aromatic heterocycles. The lowest BCUT2D eigenvalue weighted by atomic mass is 9.86. The van der Waals surface area contributed by atoms with E-state index in [0.29, 0.717) is 46.4 Å². The number of nitrogens with zero attached hydrogens (tertiary/aromatic N) is 4. The Bertz CT molecular complexity index is 3230. The largest absolute Gasteiger partial charge is 0.458 e. The number of hydrogen-bond acceptors (Lipinski definition) is 21. The van der Waals surface area contributed by atoms with Crippen molar-refractivity contribution in [3.63, 3.8) is 0 Å². The van der Waals surface area contributed by atoms with Crippen LogP contribution in [-0.2, 0) is 82.7 Å². The van der Waals surface area contributed by atoms with Crippen LogP contribution in [0.15, 0.2) is 40.0 Å². The third kappa shape index (κ3) is 16.6. The lowest BCUT2D eigenvalue weighted by Crippen LogP contribution is -2.50. The number of ketones is 2. The number of pyridine rings is 2. The lowest BCUT2D eigenvalue weighted by molar-refractivity contribution is -0.172. The van der Waals surface area contributed by atoms with Crippen molar-refractivity contribution in [2.24, 2.45) is 11.8 Å². The molecule has 9 atom stereocenters. The van der Waals surface area contributed by atoms with E-state index >= 15 is 4.39 Å². The number of likely N-dealkylation sites (N-methyl/N-ethyl adjacent to an activating group) is 1. The molecule has 87 heavy (non-hydrogen) atoms. The van der Waals surface area contributed by atoms with Crippen molar-refractivity contribution in [2.75, 3.05) is 46.3 Å². The Morgan fingerprint density at radius 2 is 1.52 bits per heavy atom. The normalized spacial score (nSPS) is 17.9. The molecular formula is C58H75FN8O19S. The number of rotatable bonds is 33. The SMILES string of the molecule is CC[C@@]1(O)C(=O)OCc2c1cc1n(c2=O)Cc2c-1nc1cc(F)c(SC)cc1c2CNC(=O)COCNC(=O)[C@H](C)CC(=O)[C@H](C)NC(=O)[C@H](C)CC(=O)[C@H](CCC(=O)N(C)C[C@H](O)[C@@H](O)[C@H](O)[C@H](O)CO)NC(=O)CCCCCN1C(=O)C=CC1=O. The number of Topliss-reactive ketones (excluding diaryl/α,β-unsaturated/α-hetero) is 2. The van der Waals surface area contributed by atoms with Gasteiger partial charge in [0.1, 0.15) is 50.2 Å². The number of unbranched alkanes of at least 4 members (excludes halogenated alkanes) is 2. The Morgan fingerprint density at radius 3 is 2.18 bits per heavy atom. The predicted molar refractivity (Wildman–Crippen MR) is 306 cm³/mol. The Kier molecular flexibility index (Phi) is 24.1. The first-order valence-electron chi connectivity index (χ1n) is 28.4. The highest BCUT2D eigenvalue weighted by molar-refractivity contribution is 7.98. The number of aliphatic hydroxyl groups is 6. The van der Waals surface area contributed by atoms with Gasteiger partial charge in [-0.25, -0.2) is 14.2 Å². The molecule has 474 valence electrons. The van der Waals surface area contributed by atoms with Crippen molar-refractivity contribution < 1.29 is 92.4 Å². The Labute approximate surface area is 503 Å². The molecule has 0 radical (unpaired) electrons. The van der Waals surface area contributed by atoms with Gasteiger partial charge in [-0.2, -0.15) is 0 Å². The van der Waals surface area contributed by atoms with Crippen LogP contribution in [0.3, 0.4) is 0 Å². The van der Waals surface area contributed by atoms with Crippen molar-refractivity contribution in [2.45, 2.75) is 152 Å². The van der Waals surface area contributed by atoms with Gasteiger partial charge in [0.15, 0.2) is 17.2 Å². The van der Waals surface area contributed by atoms with E-state index in [-0.39, 0.29) is 80.7 Å². The van der Waals surface area contributed by atoms with Gasteiger partial charge in [-0.1, -0.05) is 27.2 Å². The molecule has 0 saturated carbocycles. The second kappa shape index (κ2) is 30.5. The van der Waals surface area contributed by atoms with Crippen molar-refractivity contribution in [1.82, 2.24) is 40.6 Å². The average Bonchev–Trinajstić information content (AvgIpc) is 1.67. The summed E-state index contributed by atoms with van der Waals surface area (Å²) in [5.74, 6) is -8.76. The molecule has 3 aliphatic rings. The molecule has 0 spiro atoms. The van der Waals surface area contributed by atoms with Crippen LogP contribution in [0.2, 0.25) is 0 Å². The van der Waals surface area contributed by atoms with Crippen molar-refractivity contribution in [1.29, 1.82) is 0 Å². The maximum atomic E-state index is 15.2. The second-order valence-electron chi connectivity index (χ2n) is 21.9. The fraction of sp³-hybridized carbons (Fsp3) is 0.552. The van der Waals surface area contributed by atoms with Crippen LogP contribution in [0.4, 0.5) is 4.39 Å². The number of imide groups is 1. The summed E-state index contributed by atoms with van der Waals surface area (Å²) in [7, 11) is 1.26. The molecule has 0 fully saturated rings. The molecule has 3 aromatic rings. The molecule has 27 nitrogen and oxygen atoms in total. The molecule has 0 bridgehead atoms. The van der Waals surface area contributed by atoms with E-state index in [9.17, 15) is 78.3 Å². The smallest absolute Gasteiger partial charge is 0.343 e. The fourth-order valence-corrected chi connectivity index (χ4v) is 10.7. The van der Waals surface area contributed by atoms with E-state index < -0.39 is 157 Å². The average molecular weight is 1240 g/mol. The number of fused-ring (bicyclic) bond motifs is 5. The molecule has 29 heteroatoms. The molecule has 5 heterocycles. The highest BCUT2D eigenvalue weighted by atomic mass is 32.2. The lowest BCUT2D eigenvalue weighted by Gasteiger charge is -2.31. The van der Waals surface area contributed by atoms with E-state index in [1.165, 1.54) is 44.5 Å². The van der Waals surface area contributed by atoms with E-state index in [1.807, 2.05) is 0 Å². The summed E-state index contributed by atoms with van der Waals surface area (Å²) in [6, 6.07) is 1.91. The van der Waals surface area contributed by atoms with Gasteiger partial charge in [0.05, 0.1) is 47.7 Å². The van der Waals surface area contributed by atoms with Gasteiger partial charge < -0.3 is 70.8 Å². The molecule has 3 aliphatic heterocycles. The van der Waals surface area contributed by atoms with Gasteiger partial charge in [0, 0.05) is 104 Å². The minimum Gasteiger partial charge on any atom is -0.458 e. The number of cyclic esters (lactones) is 1. The molecule has 10 N–H and O–H groups in total. The zero-order chi connectivity index (χ0) is 64.2. The number of halogens is 1. The number of nitrogens with one attached hydrogen (secondary N) is 4. The topological polar surface area (TPSA) is 400 Å². The van der Waals surface area contributed by atoms with Gasteiger partial charge in [-0.15, -0.1) is 11.8 Å². The number of aromatic nitrogens is 2. The minimum absolute atomic E-state index is 0.000552. The molecule has 1 aromatic carbocycles. The third-order valence-corrected chi connectivity index (χ3v) is 16.4. The summed E-state index contributed by atoms with van der Waals surface area (Å²) in [6.07, 6.45) is -3.93. The van der Waals surface area contributed by atoms with Gasteiger partial charge in [0.25, 0.3) is 17.4 Å². The van der Waals surface area contributed by atoms with Crippen LogP contribution in [-0.4, -0.2) is 192 Å². The first-order valence-corrected chi connectivity index (χ1v) is 29.6. The number of carbonyl (C=O) groups is 10. The highest BCUT2D eigenvalue weighted by Gasteiger charge is 2.46. The number of aliphatic hydroxyl groups excluding tert-OH is 5. The molecule has 6 rings (SSSR count). The number of amides is 7. The molecule has 0 unspecified atom stereocenters. The van der Waals surface area contributed by atoms with Crippen LogP contribution in [0.25, 0.3) is 22.3 Å². The van der Waals surface area contributed by atoms with Gasteiger partial charge in [-0.3, -0.25) is 52.8 Å². The number of hydrogen-bond donors (Lipinski definition) is 10. The number of carbonyl (C=O) groups excluding carboxylic acids is 10. The van der Waals surface area contributed by atoms with E-state index in [1.54, 1.807) is 19.2 Å². The second-order valence-corrected chi connectivity index (χ2v) is 22.8. The van der Waals surface area contributed by atoms with Crippen molar-refractivity contribution in [3.05, 3.63) is 68.8 Å². The zero-order valence-electron chi connectivity index (χ0n) is 49.1. The van der Waals surface area contributed by atoms with Crippen LogP contribution in [0.5, 0.6) is 0 Å². The first-order chi connectivity index (χ1) is 41.1. The maximum absolute atomic E-state index is 15.2. The van der Waals surface area contributed by atoms with E-state index in [2.05, 4.69) is 21.3 Å². The number of thioether (sulfide) groups is 1. The van der Waals surface area contributed by atoms with E-state index in [0.717, 1.165) is 33.7 Å². The summed E-state index contributed by atoms with van der Waals surface area (Å²) in [5.41, 5.74) is -0.541. The summed E-state index contributed by atoms with van der Waals surface area (Å²) in [4.78, 5) is 150. The number of ether oxygens (including phenoxy) is 2. The predicted octanol–water partition coefficient (Wildman–Crippen LogP) is -1.01. The van der Waals surface area contributed by atoms with Gasteiger partial charge >= 0.3 is 5.97 Å². The number of benzene rings is 1. The van der Waals surface area contributed by atoms with Crippen LogP contribution < -0.4 is 26.8 Å². The monoisotopic (exact) mass is 1240 g/mol. The fourth-order valence-electron chi connectivity index (χ4n) is 10.2. The Hall–Kier alpha value is -7.38. The van der Waals surface area contributed by atoms with Crippen molar-refractivity contribution in [3.8, 4) is 11.4 Å². The Morgan fingerprint density at radius 1 is 0.851 bits per heavy atom. The third-order valence-electron chi connectivity index (χ3n) is 15.6. The molecule has 0 aliphatic carbocycles. The summed E-state index contributed by atoms with van der Waals surface area (Å²) in [5, 5.41) is 71.5. The summed E-state index contributed by atoms with van der Waals surface area (Å²) in [6.45, 7) is 3.04. The summed E-state index contributed by atoms with van der Waals surface area (Å²) >= 11 is 1.16. The molecule has 7 amide bonds. The molecular weight excluding hydrogens is 1160 g/mol. The summed E-state index contributed by atoms with van der Waals surface area (Å²) < 4.78 is 27.2. The van der Waals surface area contributed by atoms with E-state index in [4.69, 9.17) is 19.6 Å². The maximum Gasteiger partial charge on any atom is 0.343 e. The first kappa shape index (κ1) is 68.7. The number of esters is 1. The quantitative estimate of drug-likeness (QED) is 0.00898. The van der Waals surface area contributed by atoms with Crippen molar-refractivity contribution >= 4 is 81.6 Å². The van der Waals surface area contributed by atoms with Crippen LogP contribution in [0, 0.1) is 17.7 Å². The molecule has 0 saturated heterocycles. The Balaban J connectivity index is 0.981. The van der Waals surface area contributed by atoms with Crippen LogP contribution in [0.1, 0.15) is 108 Å². The van der Waals surface area contributed by atoms with Gasteiger partial charge in [0.2, 0.25) is 29.5 Å². The zero-order valence-corrected chi connectivity index (χ0v) is 49.9. The highest BCUT2D eigenvalue weighted by Crippen LogP contribution is 2.41. The van der Waals surface area contributed by atoms with Gasteiger partial charge in [-0.05, 0) is 56.6 Å². The standard InChI is InChI=1S/C58H75FN8O19S/c1-7-58(84)36-20-40-51-34(23-67(40)56(82)35(36)26-86-57(58)83)33(32-19-45(87-6)37(59)21-39(32)64-51)22-60-47(74)27-85-28-61-54(80)29(2)17-41(69)31(4)62-55(81)30(3)18-42(70)38(63-46(73)11-9-8-10-16-66-49(76)14-15-50(66)77)12-13-48(75)65(5)24-43(71)52(78)53(79)44(72)25-68/h14-15,19-21,29-31,38,43-44,52-53,68,71-72,78-79,84H,7-13,16-18,22-28H2,1-6H3,(H,60,74)(H,61,80)(H,62,81)(H,63,73)/t29-,30-,31+,38+,43+,44-,52-,53-,58+/m1/s1.